The highest BCUT2D eigenvalue weighted by Gasteiger charge is 2.23. The maximum absolute atomic E-state index is 12.7. The van der Waals surface area contributed by atoms with Crippen molar-refractivity contribution in [1.29, 1.82) is 0 Å². The van der Waals surface area contributed by atoms with Crippen molar-refractivity contribution < 1.29 is 13.6 Å². The third-order valence-electron chi connectivity index (χ3n) is 3.55. The molecule has 1 aromatic heterocycles. The normalized spacial score (nSPS) is 16.7. The lowest BCUT2D eigenvalue weighted by Gasteiger charge is -2.34. The second-order valence-electron chi connectivity index (χ2n) is 5.37. The molecule has 10 heteroatoms. The van der Waals surface area contributed by atoms with E-state index in [1.54, 1.807) is 11.8 Å². The zero-order chi connectivity index (χ0) is 15.4. The van der Waals surface area contributed by atoms with Gasteiger partial charge in [0, 0.05) is 51.0 Å². The van der Waals surface area contributed by atoms with Crippen molar-refractivity contribution in [3.05, 3.63) is 18.2 Å². The number of carbonyl (C=O) groups excluding carboxylic acids is 1. The first-order chi connectivity index (χ1) is 9.97. The Hall–Kier alpha value is -0.960. The number of imidazole rings is 1. The molecule has 1 atom stereocenters. The summed E-state index contributed by atoms with van der Waals surface area (Å²) in [7, 11) is 0. The molecular formula is C13H23Cl2F2N5O. The van der Waals surface area contributed by atoms with Crippen molar-refractivity contribution >= 4 is 30.7 Å². The van der Waals surface area contributed by atoms with Gasteiger partial charge in [0.05, 0.1) is 6.54 Å². The third kappa shape index (κ3) is 6.21. The summed E-state index contributed by atoms with van der Waals surface area (Å²) < 4.78 is 26.4. The summed E-state index contributed by atoms with van der Waals surface area (Å²) >= 11 is 0. The Balaban J connectivity index is 0.00000242. The number of hydrogen-bond acceptors (Lipinski definition) is 4. The van der Waals surface area contributed by atoms with Crippen LogP contribution in [0.1, 0.15) is 25.7 Å². The Morgan fingerprint density at radius 3 is 2.43 bits per heavy atom. The Morgan fingerprint density at radius 1 is 1.30 bits per heavy atom. The second-order valence-corrected chi connectivity index (χ2v) is 5.37. The lowest BCUT2D eigenvalue weighted by Crippen LogP contribution is -2.49. The summed E-state index contributed by atoms with van der Waals surface area (Å²) in [5.41, 5.74) is 5.62. The molecule has 2 heterocycles. The van der Waals surface area contributed by atoms with E-state index >= 15 is 0 Å². The van der Waals surface area contributed by atoms with E-state index < -0.39 is 6.55 Å². The van der Waals surface area contributed by atoms with Gasteiger partial charge in [-0.25, -0.2) is 4.98 Å². The quantitative estimate of drug-likeness (QED) is 0.849. The number of halogens is 4. The minimum absolute atomic E-state index is 0. The summed E-state index contributed by atoms with van der Waals surface area (Å²) in [4.78, 5) is 19.7. The summed E-state index contributed by atoms with van der Waals surface area (Å²) in [5.74, 6) is 0.402. The highest BCUT2D eigenvalue weighted by Crippen LogP contribution is 2.15. The largest absolute Gasteiger partial charge is 0.340 e. The lowest BCUT2D eigenvalue weighted by atomic mass is 10.2. The number of carbonyl (C=O) groups is 1. The zero-order valence-corrected chi connectivity index (χ0v) is 14.5. The smallest absolute Gasteiger partial charge is 0.319 e. The summed E-state index contributed by atoms with van der Waals surface area (Å²) in [6, 6.07) is -0.144. The van der Waals surface area contributed by atoms with E-state index in [1.165, 1.54) is 12.4 Å². The van der Waals surface area contributed by atoms with Gasteiger partial charge in [0.1, 0.15) is 5.82 Å². The molecule has 1 unspecified atom stereocenters. The van der Waals surface area contributed by atoms with E-state index in [0.717, 1.165) is 4.57 Å². The minimum Gasteiger partial charge on any atom is -0.340 e. The summed E-state index contributed by atoms with van der Waals surface area (Å²) in [6.45, 7) is 2.10. The fraction of sp³-hybridized carbons (Fsp3) is 0.692. The van der Waals surface area contributed by atoms with Gasteiger partial charge in [-0.3, -0.25) is 14.3 Å². The monoisotopic (exact) mass is 373 g/mol. The van der Waals surface area contributed by atoms with Crippen LogP contribution in [0.5, 0.6) is 0 Å². The molecule has 6 nitrogen and oxygen atoms in total. The SMILES string of the molecule is CC(N)CC(=O)N1CCN(Cc2nccn2C(F)F)CC1.Cl.Cl. The fourth-order valence-electron chi connectivity index (χ4n) is 2.40. The predicted octanol–water partition coefficient (Wildman–Crippen LogP) is 1.50. The lowest BCUT2D eigenvalue weighted by molar-refractivity contribution is -0.133. The van der Waals surface area contributed by atoms with Crippen molar-refractivity contribution in [3.63, 3.8) is 0 Å². The number of alkyl halides is 2. The molecule has 0 bridgehead atoms. The fourth-order valence-corrected chi connectivity index (χ4v) is 2.40. The zero-order valence-electron chi connectivity index (χ0n) is 12.9. The van der Waals surface area contributed by atoms with Gasteiger partial charge in [0.25, 0.3) is 0 Å². The van der Waals surface area contributed by atoms with Crippen LogP contribution in [0.4, 0.5) is 8.78 Å². The van der Waals surface area contributed by atoms with Crippen LogP contribution in [0.2, 0.25) is 0 Å². The molecule has 1 fully saturated rings. The number of nitrogens with two attached hydrogens (primary N) is 1. The average Bonchev–Trinajstić information content (AvgIpc) is 2.87. The maximum Gasteiger partial charge on any atom is 0.319 e. The van der Waals surface area contributed by atoms with Crippen LogP contribution >= 0.6 is 24.8 Å². The van der Waals surface area contributed by atoms with Gasteiger partial charge in [-0.2, -0.15) is 8.78 Å². The van der Waals surface area contributed by atoms with Gasteiger partial charge in [0.15, 0.2) is 0 Å². The number of aromatic nitrogens is 2. The molecule has 0 aliphatic carbocycles. The number of piperazine rings is 1. The number of nitrogens with zero attached hydrogens (tertiary/aromatic N) is 4. The van der Waals surface area contributed by atoms with E-state index in [2.05, 4.69) is 4.98 Å². The van der Waals surface area contributed by atoms with Crippen LogP contribution in [-0.4, -0.2) is 57.5 Å². The number of rotatable bonds is 5. The van der Waals surface area contributed by atoms with Gasteiger partial charge < -0.3 is 10.6 Å². The molecule has 0 spiro atoms. The third-order valence-corrected chi connectivity index (χ3v) is 3.55. The molecule has 23 heavy (non-hydrogen) atoms. The van der Waals surface area contributed by atoms with Crippen LogP contribution in [-0.2, 0) is 11.3 Å². The Morgan fingerprint density at radius 2 is 1.91 bits per heavy atom. The van der Waals surface area contributed by atoms with Crippen molar-refractivity contribution in [2.45, 2.75) is 32.5 Å². The van der Waals surface area contributed by atoms with E-state index in [1.807, 2.05) is 4.90 Å². The molecule has 1 amide bonds. The van der Waals surface area contributed by atoms with Crippen molar-refractivity contribution in [1.82, 2.24) is 19.4 Å². The van der Waals surface area contributed by atoms with Crippen LogP contribution < -0.4 is 5.73 Å². The first-order valence-electron chi connectivity index (χ1n) is 7.03. The second kappa shape index (κ2) is 10.0. The van der Waals surface area contributed by atoms with Crippen LogP contribution in [0, 0.1) is 0 Å². The van der Waals surface area contributed by atoms with Gasteiger partial charge in [-0.05, 0) is 6.92 Å². The first kappa shape index (κ1) is 22.0. The summed E-state index contributed by atoms with van der Waals surface area (Å²) in [5, 5.41) is 0. The highest BCUT2D eigenvalue weighted by molar-refractivity contribution is 5.85. The van der Waals surface area contributed by atoms with Crippen LogP contribution in [0.15, 0.2) is 12.4 Å². The van der Waals surface area contributed by atoms with Gasteiger partial charge in [-0.15, -0.1) is 24.8 Å². The Labute approximate surface area is 146 Å². The van der Waals surface area contributed by atoms with Crippen molar-refractivity contribution in [3.8, 4) is 0 Å². The molecular weight excluding hydrogens is 351 g/mol. The first-order valence-corrected chi connectivity index (χ1v) is 7.03. The van der Waals surface area contributed by atoms with E-state index in [9.17, 15) is 13.6 Å². The topological polar surface area (TPSA) is 67.4 Å². The molecule has 2 rings (SSSR count). The molecule has 1 saturated heterocycles. The van der Waals surface area contributed by atoms with Crippen molar-refractivity contribution in [2.24, 2.45) is 5.73 Å². The van der Waals surface area contributed by atoms with E-state index in [0.29, 0.717) is 45.0 Å². The predicted molar refractivity (Wildman–Crippen MR) is 88.1 cm³/mol. The average molecular weight is 374 g/mol. The number of hydrogen-bond donors (Lipinski definition) is 1. The summed E-state index contributed by atoms with van der Waals surface area (Å²) in [6.07, 6.45) is 3.00. The minimum atomic E-state index is -2.57. The Kier molecular flexibility index (Phi) is 9.60. The molecule has 0 saturated carbocycles. The van der Waals surface area contributed by atoms with Gasteiger partial charge in [-0.1, -0.05) is 0 Å². The van der Waals surface area contributed by atoms with Gasteiger partial charge in [0.2, 0.25) is 5.91 Å². The highest BCUT2D eigenvalue weighted by atomic mass is 35.5. The molecule has 1 aromatic rings. The van der Waals surface area contributed by atoms with E-state index in [-0.39, 0.29) is 36.8 Å². The molecule has 1 aliphatic rings. The van der Waals surface area contributed by atoms with Crippen molar-refractivity contribution in [2.75, 3.05) is 26.2 Å². The van der Waals surface area contributed by atoms with Crippen LogP contribution in [0.3, 0.4) is 0 Å². The molecule has 1 aliphatic heterocycles. The van der Waals surface area contributed by atoms with E-state index in [4.69, 9.17) is 5.73 Å². The maximum atomic E-state index is 12.7. The standard InChI is InChI=1S/C13H21F2N5O.2ClH/c1-10(16)8-12(21)19-6-4-18(5-7-19)9-11-17-2-3-20(11)13(14)15;;/h2-3,10,13H,4-9,16H2,1H3;2*1H. The van der Waals surface area contributed by atoms with Crippen LogP contribution in [0.25, 0.3) is 0 Å². The number of amides is 1. The molecule has 2 N–H and O–H groups in total. The van der Waals surface area contributed by atoms with Gasteiger partial charge >= 0.3 is 6.55 Å². The molecule has 0 radical (unpaired) electrons. The molecule has 134 valence electrons. The molecule has 0 aromatic carbocycles. The Bertz CT molecular complexity index is 479.